The summed E-state index contributed by atoms with van der Waals surface area (Å²) in [6.45, 7) is 7.28. The van der Waals surface area contributed by atoms with Crippen LogP contribution >= 0.6 is 0 Å². The largest absolute Gasteiger partial charge is 0.369 e. The van der Waals surface area contributed by atoms with Gasteiger partial charge in [0.1, 0.15) is 0 Å². The number of nitrogens with one attached hydrogen (secondary N) is 1. The number of amides is 1. The number of hydrogen-bond acceptors (Lipinski definition) is 2. The van der Waals surface area contributed by atoms with Gasteiger partial charge in [-0.25, -0.2) is 0 Å². The van der Waals surface area contributed by atoms with Crippen LogP contribution in [0.25, 0.3) is 0 Å². The first-order chi connectivity index (χ1) is 6.72. The zero-order valence-corrected chi connectivity index (χ0v) is 9.08. The summed E-state index contributed by atoms with van der Waals surface area (Å²) in [7, 11) is 0. The van der Waals surface area contributed by atoms with E-state index in [1.54, 1.807) is 0 Å². The lowest BCUT2D eigenvalue weighted by Gasteiger charge is -2.32. The molecule has 14 heavy (non-hydrogen) atoms. The second-order valence-electron chi connectivity index (χ2n) is 3.43. The van der Waals surface area contributed by atoms with E-state index in [0.717, 1.165) is 25.1 Å². The molecular formula is C11H18N2O. The molecule has 0 aliphatic carbocycles. The molecule has 1 aliphatic rings. The van der Waals surface area contributed by atoms with Crippen LogP contribution in [-0.4, -0.2) is 23.9 Å². The van der Waals surface area contributed by atoms with Gasteiger partial charge in [0.2, 0.25) is 6.41 Å². The van der Waals surface area contributed by atoms with Gasteiger partial charge in [-0.2, -0.15) is 0 Å². The Hall–Kier alpha value is -1.25. The monoisotopic (exact) mass is 194 g/mol. The molecule has 1 atom stereocenters. The molecule has 0 aromatic heterocycles. The molecule has 0 spiro atoms. The van der Waals surface area contributed by atoms with Crippen LogP contribution in [0.5, 0.6) is 0 Å². The molecule has 0 fully saturated rings. The Bertz CT molecular complexity index is 268. The fourth-order valence-corrected chi connectivity index (χ4v) is 1.65. The molecule has 1 amide bonds. The number of hydrogen-bond donors (Lipinski definition) is 1. The first-order valence-corrected chi connectivity index (χ1v) is 5.11. The Labute approximate surface area is 85.5 Å². The molecule has 0 saturated carbocycles. The van der Waals surface area contributed by atoms with Gasteiger partial charge in [-0.1, -0.05) is 6.92 Å². The minimum absolute atomic E-state index is 0.264. The first-order valence-electron chi connectivity index (χ1n) is 5.11. The highest BCUT2D eigenvalue weighted by Gasteiger charge is 2.18. The van der Waals surface area contributed by atoms with Crippen LogP contribution in [0.4, 0.5) is 0 Å². The van der Waals surface area contributed by atoms with Gasteiger partial charge < -0.3 is 10.2 Å². The summed E-state index contributed by atoms with van der Waals surface area (Å²) in [5.74, 6) is 0. The number of allylic oxidation sites excluding steroid dienone is 2. The van der Waals surface area contributed by atoms with Crippen molar-refractivity contribution in [3.63, 3.8) is 0 Å². The van der Waals surface area contributed by atoms with Crippen molar-refractivity contribution in [2.24, 2.45) is 0 Å². The normalized spacial score (nSPS) is 21.4. The van der Waals surface area contributed by atoms with Crippen molar-refractivity contribution in [3.05, 3.63) is 23.5 Å². The van der Waals surface area contributed by atoms with Gasteiger partial charge in [0.15, 0.2) is 0 Å². The summed E-state index contributed by atoms with van der Waals surface area (Å²) in [6, 6.07) is 0.264. The molecule has 78 valence electrons. The van der Waals surface area contributed by atoms with E-state index >= 15 is 0 Å². The molecule has 1 unspecified atom stereocenters. The summed E-state index contributed by atoms with van der Waals surface area (Å²) in [5, 5.41) is 2.76. The first kappa shape index (κ1) is 10.8. The number of nitrogens with zero attached hydrogens (tertiary/aromatic N) is 1. The zero-order valence-electron chi connectivity index (χ0n) is 9.08. The van der Waals surface area contributed by atoms with Crippen LogP contribution < -0.4 is 5.32 Å². The van der Waals surface area contributed by atoms with E-state index in [4.69, 9.17) is 0 Å². The Balaban J connectivity index is 2.87. The molecule has 1 heterocycles. The molecule has 0 bridgehead atoms. The standard InChI is InChI=1S/C11H18N2O/c1-4-10-6-11(12-8-14)9(3)13(5-2)7-10/h6-9H,4-5H2,1-3H3,(H,12,14). The summed E-state index contributed by atoms with van der Waals surface area (Å²) < 4.78 is 0. The van der Waals surface area contributed by atoms with E-state index in [9.17, 15) is 4.79 Å². The number of rotatable bonds is 4. The molecule has 1 rings (SSSR count). The Morgan fingerprint density at radius 1 is 1.57 bits per heavy atom. The zero-order chi connectivity index (χ0) is 10.6. The Kier molecular flexibility index (Phi) is 3.74. The van der Waals surface area contributed by atoms with Crippen LogP contribution in [0.1, 0.15) is 27.2 Å². The van der Waals surface area contributed by atoms with Crippen molar-refractivity contribution in [2.75, 3.05) is 6.54 Å². The van der Waals surface area contributed by atoms with Crippen LogP contribution in [0, 0.1) is 0 Å². The third kappa shape index (κ3) is 2.16. The highest BCUT2D eigenvalue weighted by Crippen LogP contribution is 2.19. The third-order valence-electron chi connectivity index (χ3n) is 2.62. The molecule has 1 N–H and O–H groups in total. The van der Waals surface area contributed by atoms with Crippen molar-refractivity contribution in [3.8, 4) is 0 Å². The van der Waals surface area contributed by atoms with Gasteiger partial charge in [-0.15, -0.1) is 0 Å². The molecule has 0 aromatic carbocycles. The summed E-state index contributed by atoms with van der Waals surface area (Å²) >= 11 is 0. The fraction of sp³-hybridized carbons (Fsp3) is 0.545. The average Bonchev–Trinajstić information content (AvgIpc) is 2.21. The molecule has 1 aliphatic heterocycles. The van der Waals surface area contributed by atoms with Crippen molar-refractivity contribution < 1.29 is 4.79 Å². The van der Waals surface area contributed by atoms with E-state index < -0.39 is 0 Å². The Morgan fingerprint density at radius 2 is 2.29 bits per heavy atom. The maximum absolute atomic E-state index is 10.4. The third-order valence-corrected chi connectivity index (χ3v) is 2.62. The number of carbonyl (C=O) groups is 1. The van der Waals surface area contributed by atoms with Crippen molar-refractivity contribution in [1.29, 1.82) is 0 Å². The van der Waals surface area contributed by atoms with E-state index in [1.807, 2.05) is 0 Å². The second-order valence-corrected chi connectivity index (χ2v) is 3.43. The SMILES string of the molecule is CCC1=CN(CC)C(C)C(NC=O)=C1. The summed E-state index contributed by atoms with van der Waals surface area (Å²) in [4.78, 5) is 12.6. The van der Waals surface area contributed by atoms with Crippen molar-refractivity contribution in [1.82, 2.24) is 10.2 Å². The quantitative estimate of drug-likeness (QED) is 0.690. The van der Waals surface area contributed by atoms with Crippen LogP contribution in [0.2, 0.25) is 0 Å². The maximum atomic E-state index is 10.4. The lowest BCUT2D eigenvalue weighted by atomic mass is 10.0. The number of likely N-dealkylation sites (N-methyl/N-ethyl adjacent to an activating group) is 1. The predicted molar refractivity (Wildman–Crippen MR) is 57.5 cm³/mol. The van der Waals surface area contributed by atoms with Crippen molar-refractivity contribution >= 4 is 6.41 Å². The van der Waals surface area contributed by atoms with Gasteiger partial charge in [-0.3, -0.25) is 4.79 Å². The predicted octanol–water partition coefficient (Wildman–Crippen LogP) is 1.63. The van der Waals surface area contributed by atoms with Crippen molar-refractivity contribution in [2.45, 2.75) is 33.2 Å². The van der Waals surface area contributed by atoms with Crippen LogP contribution in [0.15, 0.2) is 23.5 Å². The molecular weight excluding hydrogens is 176 g/mol. The van der Waals surface area contributed by atoms with Crippen LogP contribution in [-0.2, 0) is 4.79 Å². The van der Waals surface area contributed by atoms with E-state index in [1.165, 1.54) is 5.57 Å². The lowest BCUT2D eigenvalue weighted by Crippen LogP contribution is -2.37. The smallest absolute Gasteiger partial charge is 0.211 e. The second kappa shape index (κ2) is 4.84. The summed E-state index contributed by atoms with van der Waals surface area (Å²) in [6.07, 6.45) is 5.97. The lowest BCUT2D eigenvalue weighted by molar-refractivity contribution is -0.109. The van der Waals surface area contributed by atoms with Gasteiger partial charge in [0, 0.05) is 18.4 Å². The van der Waals surface area contributed by atoms with Gasteiger partial charge >= 0.3 is 0 Å². The molecule has 0 radical (unpaired) electrons. The average molecular weight is 194 g/mol. The van der Waals surface area contributed by atoms with Gasteiger partial charge in [0.05, 0.1) is 6.04 Å². The molecule has 3 nitrogen and oxygen atoms in total. The topological polar surface area (TPSA) is 32.3 Å². The van der Waals surface area contributed by atoms with Gasteiger partial charge in [0.25, 0.3) is 0 Å². The van der Waals surface area contributed by atoms with E-state index in [0.29, 0.717) is 0 Å². The molecule has 3 heteroatoms. The van der Waals surface area contributed by atoms with Gasteiger partial charge in [-0.05, 0) is 31.9 Å². The fourth-order valence-electron chi connectivity index (χ4n) is 1.65. The Morgan fingerprint density at radius 3 is 2.79 bits per heavy atom. The van der Waals surface area contributed by atoms with E-state index in [2.05, 4.69) is 43.3 Å². The molecule has 0 saturated heterocycles. The number of carbonyl (C=O) groups excluding carboxylic acids is 1. The highest BCUT2D eigenvalue weighted by atomic mass is 16.1. The highest BCUT2D eigenvalue weighted by molar-refractivity contribution is 5.52. The maximum Gasteiger partial charge on any atom is 0.211 e. The molecule has 0 aromatic rings. The summed E-state index contributed by atoms with van der Waals surface area (Å²) in [5.41, 5.74) is 2.25. The minimum atomic E-state index is 0.264. The van der Waals surface area contributed by atoms with Crippen LogP contribution in [0.3, 0.4) is 0 Å². The minimum Gasteiger partial charge on any atom is -0.369 e. The van der Waals surface area contributed by atoms with E-state index in [-0.39, 0.29) is 6.04 Å².